The van der Waals surface area contributed by atoms with E-state index >= 15 is 0 Å². The SMILES string of the molecule is CC/C(=C/COc1cnc2ccccc2c1)C(=O)OC. The Kier molecular flexibility index (Phi) is 4.71. The van der Waals surface area contributed by atoms with Crippen LogP contribution in [0.15, 0.2) is 48.2 Å². The number of carbonyl (C=O) groups is 1. The summed E-state index contributed by atoms with van der Waals surface area (Å²) in [6, 6.07) is 9.77. The molecule has 4 nitrogen and oxygen atoms in total. The van der Waals surface area contributed by atoms with Crippen LogP contribution in [-0.2, 0) is 9.53 Å². The van der Waals surface area contributed by atoms with E-state index in [1.165, 1.54) is 7.11 Å². The first-order chi connectivity index (χ1) is 9.74. The van der Waals surface area contributed by atoms with Gasteiger partial charge in [-0.3, -0.25) is 4.98 Å². The van der Waals surface area contributed by atoms with Crippen LogP contribution < -0.4 is 4.74 Å². The average Bonchev–Trinajstić information content (AvgIpc) is 2.50. The number of para-hydroxylation sites is 1. The molecule has 2 aromatic rings. The number of rotatable bonds is 5. The summed E-state index contributed by atoms with van der Waals surface area (Å²) in [5.41, 5.74) is 1.54. The molecule has 1 heterocycles. The fourth-order valence-electron chi connectivity index (χ4n) is 1.87. The third-order valence-corrected chi connectivity index (χ3v) is 2.97. The highest BCUT2D eigenvalue weighted by atomic mass is 16.5. The average molecular weight is 271 g/mol. The van der Waals surface area contributed by atoms with Gasteiger partial charge in [-0.2, -0.15) is 0 Å². The first-order valence-electron chi connectivity index (χ1n) is 6.49. The molecule has 0 aliphatic heterocycles. The number of nitrogens with zero attached hydrogens (tertiary/aromatic N) is 1. The Balaban J connectivity index is 2.05. The van der Waals surface area contributed by atoms with Gasteiger partial charge >= 0.3 is 5.97 Å². The molecule has 0 unspecified atom stereocenters. The summed E-state index contributed by atoms with van der Waals surface area (Å²) in [7, 11) is 1.37. The Hall–Kier alpha value is -2.36. The van der Waals surface area contributed by atoms with E-state index < -0.39 is 0 Å². The highest BCUT2D eigenvalue weighted by Gasteiger charge is 2.06. The van der Waals surface area contributed by atoms with Gasteiger partial charge in [0.25, 0.3) is 0 Å². The number of fused-ring (bicyclic) bond motifs is 1. The lowest BCUT2D eigenvalue weighted by molar-refractivity contribution is -0.136. The lowest BCUT2D eigenvalue weighted by Gasteiger charge is -2.06. The predicted octanol–water partition coefficient (Wildman–Crippen LogP) is 3.12. The summed E-state index contributed by atoms with van der Waals surface area (Å²) < 4.78 is 10.3. The van der Waals surface area contributed by atoms with Gasteiger partial charge in [-0.05, 0) is 24.6 Å². The molecule has 0 amide bonds. The van der Waals surface area contributed by atoms with E-state index in [1.54, 1.807) is 12.3 Å². The number of carbonyl (C=O) groups excluding carboxylic acids is 1. The minimum absolute atomic E-state index is 0.312. The zero-order chi connectivity index (χ0) is 14.4. The Morgan fingerprint density at radius 2 is 2.15 bits per heavy atom. The van der Waals surface area contributed by atoms with Crippen LogP contribution in [0.4, 0.5) is 0 Å². The molecule has 0 saturated carbocycles. The molecule has 2 rings (SSSR count). The molecule has 0 spiro atoms. The quantitative estimate of drug-likeness (QED) is 0.619. The standard InChI is InChI=1S/C16H17NO3/c1-3-12(16(18)19-2)8-9-20-14-10-13-6-4-5-7-15(13)17-11-14/h4-8,10-11H,3,9H2,1-2H3/b12-8-. The zero-order valence-corrected chi connectivity index (χ0v) is 11.6. The summed E-state index contributed by atoms with van der Waals surface area (Å²) >= 11 is 0. The van der Waals surface area contributed by atoms with Crippen molar-refractivity contribution in [2.24, 2.45) is 0 Å². The van der Waals surface area contributed by atoms with Gasteiger partial charge in [0.2, 0.25) is 0 Å². The van der Waals surface area contributed by atoms with Gasteiger partial charge in [0.1, 0.15) is 12.4 Å². The molecule has 0 fully saturated rings. The molecule has 0 bridgehead atoms. The Labute approximate surface area is 118 Å². The first-order valence-corrected chi connectivity index (χ1v) is 6.49. The number of benzene rings is 1. The second kappa shape index (κ2) is 6.70. The number of methoxy groups -OCH3 is 1. The number of pyridine rings is 1. The predicted molar refractivity (Wildman–Crippen MR) is 77.6 cm³/mol. The fraction of sp³-hybridized carbons (Fsp3) is 0.250. The minimum atomic E-state index is -0.312. The monoisotopic (exact) mass is 271 g/mol. The second-order valence-corrected chi connectivity index (χ2v) is 4.25. The Morgan fingerprint density at radius 1 is 1.35 bits per heavy atom. The van der Waals surface area contributed by atoms with Crippen molar-refractivity contribution in [1.82, 2.24) is 4.98 Å². The van der Waals surface area contributed by atoms with Crippen molar-refractivity contribution in [2.45, 2.75) is 13.3 Å². The minimum Gasteiger partial charge on any atom is -0.488 e. The molecule has 0 aliphatic carbocycles. The number of hydrogen-bond donors (Lipinski definition) is 0. The third-order valence-electron chi connectivity index (χ3n) is 2.97. The smallest absolute Gasteiger partial charge is 0.333 e. The van der Waals surface area contributed by atoms with Crippen LogP contribution >= 0.6 is 0 Å². The van der Waals surface area contributed by atoms with Gasteiger partial charge in [0.15, 0.2) is 0 Å². The molecule has 4 heteroatoms. The van der Waals surface area contributed by atoms with E-state index in [0.29, 0.717) is 24.4 Å². The van der Waals surface area contributed by atoms with Gasteiger partial charge < -0.3 is 9.47 Å². The lowest BCUT2D eigenvalue weighted by atomic mass is 10.2. The highest BCUT2D eigenvalue weighted by molar-refractivity contribution is 5.88. The number of esters is 1. The van der Waals surface area contributed by atoms with Crippen molar-refractivity contribution >= 4 is 16.9 Å². The van der Waals surface area contributed by atoms with Crippen molar-refractivity contribution in [3.05, 3.63) is 48.2 Å². The van der Waals surface area contributed by atoms with Gasteiger partial charge in [-0.15, -0.1) is 0 Å². The van der Waals surface area contributed by atoms with Crippen molar-refractivity contribution < 1.29 is 14.3 Å². The Morgan fingerprint density at radius 3 is 2.90 bits per heavy atom. The van der Waals surface area contributed by atoms with E-state index in [0.717, 1.165) is 10.9 Å². The lowest BCUT2D eigenvalue weighted by Crippen LogP contribution is -2.06. The van der Waals surface area contributed by atoms with Crippen LogP contribution in [0.2, 0.25) is 0 Å². The topological polar surface area (TPSA) is 48.4 Å². The molecule has 0 saturated heterocycles. The van der Waals surface area contributed by atoms with Crippen LogP contribution in [0.5, 0.6) is 5.75 Å². The zero-order valence-electron chi connectivity index (χ0n) is 11.6. The molecule has 0 atom stereocenters. The van der Waals surface area contributed by atoms with E-state index in [1.807, 2.05) is 37.3 Å². The second-order valence-electron chi connectivity index (χ2n) is 4.25. The normalized spacial score (nSPS) is 11.4. The summed E-state index contributed by atoms with van der Waals surface area (Å²) in [5.74, 6) is 0.369. The maximum atomic E-state index is 11.4. The first kappa shape index (κ1) is 14.1. The summed E-state index contributed by atoms with van der Waals surface area (Å²) in [5, 5.41) is 1.03. The fourth-order valence-corrected chi connectivity index (χ4v) is 1.87. The summed E-state index contributed by atoms with van der Waals surface area (Å²) in [4.78, 5) is 15.7. The van der Waals surface area contributed by atoms with Crippen molar-refractivity contribution in [3.8, 4) is 5.75 Å². The molecule has 1 aromatic carbocycles. The van der Waals surface area contributed by atoms with Crippen LogP contribution in [0.1, 0.15) is 13.3 Å². The molecule has 0 aliphatic rings. The van der Waals surface area contributed by atoms with Gasteiger partial charge in [0, 0.05) is 11.0 Å². The molecular weight excluding hydrogens is 254 g/mol. The summed E-state index contributed by atoms with van der Waals surface area (Å²) in [6.45, 7) is 2.22. The number of hydrogen-bond acceptors (Lipinski definition) is 4. The van der Waals surface area contributed by atoms with Gasteiger partial charge in [-0.25, -0.2) is 4.79 Å². The van der Waals surface area contributed by atoms with Crippen LogP contribution in [0.25, 0.3) is 10.9 Å². The molecule has 0 radical (unpaired) electrons. The van der Waals surface area contributed by atoms with Gasteiger partial charge in [-0.1, -0.05) is 25.1 Å². The highest BCUT2D eigenvalue weighted by Crippen LogP contribution is 2.18. The van der Waals surface area contributed by atoms with Gasteiger partial charge in [0.05, 0.1) is 18.8 Å². The number of ether oxygens (including phenoxy) is 2. The van der Waals surface area contributed by atoms with Crippen molar-refractivity contribution in [1.29, 1.82) is 0 Å². The van der Waals surface area contributed by atoms with E-state index in [-0.39, 0.29) is 5.97 Å². The molecule has 104 valence electrons. The maximum Gasteiger partial charge on any atom is 0.333 e. The Bertz CT molecular complexity index is 634. The van der Waals surface area contributed by atoms with E-state index in [4.69, 9.17) is 4.74 Å². The third kappa shape index (κ3) is 3.35. The van der Waals surface area contributed by atoms with E-state index in [9.17, 15) is 4.79 Å². The maximum absolute atomic E-state index is 11.4. The molecular formula is C16H17NO3. The van der Waals surface area contributed by atoms with Crippen molar-refractivity contribution in [2.75, 3.05) is 13.7 Å². The summed E-state index contributed by atoms with van der Waals surface area (Å²) in [6.07, 6.45) is 4.03. The largest absolute Gasteiger partial charge is 0.488 e. The molecule has 0 N–H and O–H groups in total. The molecule has 20 heavy (non-hydrogen) atoms. The van der Waals surface area contributed by atoms with Crippen LogP contribution in [0, 0.1) is 0 Å². The number of aromatic nitrogens is 1. The van der Waals surface area contributed by atoms with Crippen molar-refractivity contribution in [3.63, 3.8) is 0 Å². The van der Waals surface area contributed by atoms with E-state index in [2.05, 4.69) is 9.72 Å². The molecule has 1 aromatic heterocycles. The van der Waals surface area contributed by atoms with Crippen LogP contribution in [-0.4, -0.2) is 24.7 Å². The van der Waals surface area contributed by atoms with Crippen LogP contribution in [0.3, 0.4) is 0 Å².